The first-order chi connectivity index (χ1) is 7.65. The van der Waals surface area contributed by atoms with E-state index < -0.39 is 5.97 Å². The zero-order valence-electron chi connectivity index (χ0n) is 9.19. The van der Waals surface area contributed by atoms with Crippen molar-refractivity contribution in [3.8, 4) is 11.8 Å². The SMILES string of the molecule is CCC(=O)On1c(O)c2c(c1O)CCCC2. The molecule has 1 heterocycles. The molecule has 0 radical (unpaired) electrons. The Morgan fingerprint density at radius 1 is 1.25 bits per heavy atom. The first-order valence-electron chi connectivity index (χ1n) is 5.50. The second kappa shape index (κ2) is 4.08. The van der Waals surface area contributed by atoms with Gasteiger partial charge in [-0.1, -0.05) is 6.92 Å². The maximum absolute atomic E-state index is 11.1. The topological polar surface area (TPSA) is 71.7 Å². The maximum Gasteiger partial charge on any atom is 0.332 e. The number of hydrogen-bond acceptors (Lipinski definition) is 4. The fourth-order valence-corrected chi connectivity index (χ4v) is 2.00. The van der Waals surface area contributed by atoms with Gasteiger partial charge in [-0.25, -0.2) is 4.79 Å². The van der Waals surface area contributed by atoms with E-state index in [1.807, 2.05) is 0 Å². The van der Waals surface area contributed by atoms with E-state index in [4.69, 9.17) is 4.84 Å². The smallest absolute Gasteiger partial charge is 0.332 e. The second-order valence-electron chi connectivity index (χ2n) is 3.92. The summed E-state index contributed by atoms with van der Waals surface area (Å²) in [5, 5.41) is 19.7. The second-order valence-corrected chi connectivity index (χ2v) is 3.92. The molecule has 2 N–H and O–H groups in total. The summed E-state index contributed by atoms with van der Waals surface area (Å²) in [5.74, 6) is -0.777. The van der Waals surface area contributed by atoms with Gasteiger partial charge in [0.1, 0.15) is 0 Å². The Bertz CT molecular complexity index is 393. The predicted molar refractivity (Wildman–Crippen MR) is 56.3 cm³/mol. The van der Waals surface area contributed by atoms with Gasteiger partial charge in [-0.15, -0.1) is 4.73 Å². The van der Waals surface area contributed by atoms with Gasteiger partial charge in [-0.05, 0) is 25.7 Å². The third-order valence-corrected chi connectivity index (χ3v) is 2.87. The number of aromatic nitrogens is 1. The van der Waals surface area contributed by atoms with Crippen LogP contribution in [0.5, 0.6) is 11.8 Å². The van der Waals surface area contributed by atoms with Gasteiger partial charge in [0.25, 0.3) is 0 Å². The highest BCUT2D eigenvalue weighted by molar-refractivity contribution is 5.69. The molecule has 1 aromatic heterocycles. The van der Waals surface area contributed by atoms with Crippen molar-refractivity contribution >= 4 is 5.97 Å². The van der Waals surface area contributed by atoms with Gasteiger partial charge in [-0.3, -0.25) is 0 Å². The minimum Gasteiger partial charge on any atom is -0.492 e. The molecule has 0 saturated heterocycles. The van der Waals surface area contributed by atoms with E-state index in [1.165, 1.54) is 0 Å². The van der Waals surface area contributed by atoms with Crippen LogP contribution in [0.4, 0.5) is 0 Å². The molecule has 0 spiro atoms. The summed E-state index contributed by atoms with van der Waals surface area (Å²) in [6, 6.07) is 0. The van der Waals surface area contributed by atoms with Gasteiger partial charge >= 0.3 is 5.97 Å². The molecule has 1 aromatic rings. The van der Waals surface area contributed by atoms with Crippen LogP contribution in [0.3, 0.4) is 0 Å². The number of fused-ring (bicyclic) bond motifs is 1. The normalized spacial score (nSPS) is 14.6. The zero-order valence-corrected chi connectivity index (χ0v) is 9.19. The van der Waals surface area contributed by atoms with Gasteiger partial charge in [0, 0.05) is 17.5 Å². The first kappa shape index (κ1) is 10.9. The Labute approximate surface area is 93.2 Å². The summed E-state index contributed by atoms with van der Waals surface area (Å²) >= 11 is 0. The van der Waals surface area contributed by atoms with E-state index in [-0.39, 0.29) is 18.2 Å². The van der Waals surface area contributed by atoms with Crippen LogP contribution in [0.1, 0.15) is 37.3 Å². The molecular weight excluding hydrogens is 210 g/mol. The zero-order chi connectivity index (χ0) is 11.7. The van der Waals surface area contributed by atoms with E-state index in [1.54, 1.807) is 6.92 Å². The Morgan fingerprint density at radius 3 is 2.19 bits per heavy atom. The molecule has 0 amide bonds. The highest BCUT2D eigenvalue weighted by atomic mass is 16.7. The van der Waals surface area contributed by atoms with Crippen LogP contribution in [-0.2, 0) is 17.6 Å². The average Bonchev–Trinajstić information content (AvgIpc) is 2.55. The molecule has 5 heteroatoms. The van der Waals surface area contributed by atoms with Gasteiger partial charge in [-0.2, -0.15) is 0 Å². The summed E-state index contributed by atoms with van der Waals surface area (Å²) in [6.07, 6.45) is 3.58. The molecule has 0 aliphatic heterocycles. The fourth-order valence-electron chi connectivity index (χ4n) is 2.00. The lowest BCUT2D eigenvalue weighted by Crippen LogP contribution is -2.17. The molecular formula is C11H15NO4. The summed E-state index contributed by atoms with van der Waals surface area (Å²) in [5.41, 5.74) is 1.40. The van der Waals surface area contributed by atoms with Crippen molar-refractivity contribution in [2.75, 3.05) is 0 Å². The van der Waals surface area contributed by atoms with Crippen LogP contribution in [0.25, 0.3) is 0 Å². The molecule has 0 aromatic carbocycles. The van der Waals surface area contributed by atoms with Crippen LogP contribution in [0, 0.1) is 0 Å². The number of carbonyl (C=O) groups excluding carboxylic acids is 1. The lowest BCUT2D eigenvalue weighted by atomic mass is 9.95. The van der Waals surface area contributed by atoms with Gasteiger partial charge in [0.05, 0.1) is 0 Å². The van der Waals surface area contributed by atoms with E-state index in [0.29, 0.717) is 24.0 Å². The van der Waals surface area contributed by atoms with Crippen LogP contribution < -0.4 is 4.84 Å². The Hall–Kier alpha value is -1.65. The Balaban J connectivity index is 2.38. The summed E-state index contributed by atoms with van der Waals surface area (Å²) in [7, 11) is 0. The Kier molecular flexibility index (Phi) is 2.77. The number of nitrogens with zero attached hydrogens (tertiary/aromatic N) is 1. The molecule has 2 rings (SSSR count). The minimum atomic E-state index is -0.488. The van der Waals surface area contributed by atoms with E-state index in [0.717, 1.165) is 17.6 Å². The maximum atomic E-state index is 11.1. The third kappa shape index (κ3) is 1.62. The minimum absolute atomic E-state index is 0.144. The van der Waals surface area contributed by atoms with Crippen molar-refractivity contribution in [1.29, 1.82) is 0 Å². The predicted octanol–water partition coefficient (Wildman–Crippen LogP) is 1.14. The molecule has 0 atom stereocenters. The van der Waals surface area contributed by atoms with Crippen molar-refractivity contribution in [3.05, 3.63) is 11.1 Å². The summed E-state index contributed by atoms with van der Waals surface area (Å²) in [6.45, 7) is 1.65. The highest BCUT2D eigenvalue weighted by Crippen LogP contribution is 2.37. The Morgan fingerprint density at radius 2 is 1.75 bits per heavy atom. The average molecular weight is 225 g/mol. The van der Waals surface area contributed by atoms with E-state index in [9.17, 15) is 15.0 Å². The number of carbonyl (C=O) groups is 1. The summed E-state index contributed by atoms with van der Waals surface area (Å²) in [4.78, 5) is 16.0. The number of hydrogen-bond donors (Lipinski definition) is 2. The van der Waals surface area contributed by atoms with Crippen LogP contribution in [0.2, 0.25) is 0 Å². The summed E-state index contributed by atoms with van der Waals surface area (Å²) < 4.78 is 0.835. The van der Waals surface area contributed by atoms with Crippen molar-refractivity contribution in [2.24, 2.45) is 0 Å². The van der Waals surface area contributed by atoms with E-state index in [2.05, 4.69) is 0 Å². The first-order valence-corrected chi connectivity index (χ1v) is 5.50. The van der Waals surface area contributed by atoms with Gasteiger partial charge in [0.15, 0.2) is 0 Å². The highest BCUT2D eigenvalue weighted by Gasteiger charge is 2.26. The number of aromatic hydroxyl groups is 2. The van der Waals surface area contributed by atoms with Crippen molar-refractivity contribution in [1.82, 2.24) is 4.73 Å². The van der Waals surface area contributed by atoms with Crippen LogP contribution in [0.15, 0.2) is 0 Å². The van der Waals surface area contributed by atoms with Crippen LogP contribution in [-0.4, -0.2) is 20.9 Å². The lowest BCUT2D eigenvalue weighted by molar-refractivity contribution is -0.145. The largest absolute Gasteiger partial charge is 0.492 e. The molecule has 1 aliphatic carbocycles. The monoisotopic (exact) mass is 225 g/mol. The molecule has 0 saturated carbocycles. The number of rotatable bonds is 2. The molecule has 0 unspecified atom stereocenters. The van der Waals surface area contributed by atoms with Gasteiger partial charge in [0.2, 0.25) is 11.8 Å². The van der Waals surface area contributed by atoms with Crippen molar-refractivity contribution in [3.63, 3.8) is 0 Å². The fraction of sp³-hybridized carbons (Fsp3) is 0.545. The quantitative estimate of drug-likeness (QED) is 0.791. The lowest BCUT2D eigenvalue weighted by Gasteiger charge is -2.09. The third-order valence-electron chi connectivity index (χ3n) is 2.87. The molecule has 0 fully saturated rings. The van der Waals surface area contributed by atoms with Crippen molar-refractivity contribution < 1.29 is 19.8 Å². The molecule has 5 nitrogen and oxygen atoms in total. The van der Waals surface area contributed by atoms with E-state index >= 15 is 0 Å². The van der Waals surface area contributed by atoms with Crippen molar-refractivity contribution in [2.45, 2.75) is 39.0 Å². The van der Waals surface area contributed by atoms with Gasteiger partial charge < -0.3 is 15.1 Å². The van der Waals surface area contributed by atoms with Crippen LogP contribution >= 0.6 is 0 Å². The molecule has 88 valence electrons. The standard InChI is InChI=1S/C11H15NO4/c1-2-9(13)16-12-10(14)7-5-3-4-6-8(7)11(12)15/h14-15H,2-6H2,1H3. The molecule has 1 aliphatic rings. The molecule has 16 heavy (non-hydrogen) atoms. The molecule has 0 bridgehead atoms.